The standard InChI is InChI=1S/C29H25FN4O3/c1-4-37-22-16-10-6-12-18(22)24-27-26-23(28(35)33(3)29(36)32(26)2)25(17-11-5-7-13-19(17)30)34(27)21-15-9-8-14-20(21)31-24/h5-16,24,31H,4H2,1-3H3/t24-/m1/s1. The highest BCUT2D eigenvalue weighted by Gasteiger charge is 2.36. The fraction of sp³-hybridized carbons (Fsp3) is 0.172. The zero-order valence-electron chi connectivity index (χ0n) is 20.7. The number of fused-ring (bicyclic) bond motifs is 5. The van der Waals surface area contributed by atoms with Crippen molar-refractivity contribution >= 4 is 16.6 Å². The second kappa shape index (κ2) is 8.51. The molecule has 0 unspecified atom stereocenters. The van der Waals surface area contributed by atoms with Crippen molar-refractivity contribution in [2.75, 3.05) is 11.9 Å². The molecule has 1 aliphatic rings. The molecule has 7 nitrogen and oxygen atoms in total. The summed E-state index contributed by atoms with van der Waals surface area (Å²) in [7, 11) is 3.09. The number of rotatable bonds is 4. The van der Waals surface area contributed by atoms with Crippen LogP contribution >= 0.6 is 0 Å². The van der Waals surface area contributed by atoms with Gasteiger partial charge in [0, 0.05) is 25.2 Å². The van der Waals surface area contributed by atoms with Crippen molar-refractivity contribution in [3.8, 4) is 22.7 Å². The molecule has 0 bridgehead atoms. The fourth-order valence-corrected chi connectivity index (χ4v) is 5.37. The van der Waals surface area contributed by atoms with Gasteiger partial charge in [-0.15, -0.1) is 0 Å². The molecule has 8 heteroatoms. The Balaban J connectivity index is 1.86. The lowest BCUT2D eigenvalue weighted by molar-refractivity contribution is 0.335. The maximum absolute atomic E-state index is 15.4. The van der Waals surface area contributed by atoms with E-state index in [0.717, 1.165) is 21.5 Å². The first-order chi connectivity index (χ1) is 17.9. The van der Waals surface area contributed by atoms with Gasteiger partial charge in [0.25, 0.3) is 5.56 Å². The van der Waals surface area contributed by atoms with Gasteiger partial charge in [0.15, 0.2) is 0 Å². The van der Waals surface area contributed by atoms with E-state index in [1.54, 1.807) is 25.2 Å². The van der Waals surface area contributed by atoms with Gasteiger partial charge < -0.3 is 14.6 Å². The number of anilines is 1. The summed E-state index contributed by atoms with van der Waals surface area (Å²) < 4.78 is 25.8. The summed E-state index contributed by atoms with van der Waals surface area (Å²) in [4.78, 5) is 26.9. The van der Waals surface area contributed by atoms with Crippen molar-refractivity contribution in [2.24, 2.45) is 14.1 Å². The number of ether oxygens (including phenoxy) is 1. The Morgan fingerprint density at radius 3 is 2.41 bits per heavy atom. The normalized spacial score (nSPS) is 14.2. The van der Waals surface area contributed by atoms with Crippen LogP contribution in [-0.2, 0) is 14.1 Å². The molecule has 2 aromatic heterocycles. The summed E-state index contributed by atoms with van der Waals surface area (Å²) in [6.45, 7) is 2.39. The monoisotopic (exact) mass is 496 g/mol. The highest BCUT2D eigenvalue weighted by molar-refractivity contribution is 5.99. The number of benzene rings is 3. The number of aryl methyl sites for hydroxylation is 1. The van der Waals surface area contributed by atoms with Crippen molar-refractivity contribution < 1.29 is 9.13 Å². The Labute approximate surface area is 212 Å². The Morgan fingerprint density at radius 1 is 0.919 bits per heavy atom. The van der Waals surface area contributed by atoms with Crippen molar-refractivity contribution in [1.29, 1.82) is 0 Å². The van der Waals surface area contributed by atoms with Crippen molar-refractivity contribution in [2.45, 2.75) is 13.0 Å². The third-order valence-electron chi connectivity index (χ3n) is 6.99. The van der Waals surface area contributed by atoms with Crippen molar-refractivity contribution in [1.82, 2.24) is 13.7 Å². The van der Waals surface area contributed by atoms with Crippen LogP contribution in [0.2, 0.25) is 0 Å². The molecule has 0 saturated heterocycles. The van der Waals surface area contributed by atoms with Gasteiger partial charge in [0.05, 0.1) is 46.3 Å². The minimum atomic E-state index is -0.488. The average Bonchev–Trinajstić information content (AvgIpc) is 3.27. The van der Waals surface area contributed by atoms with Crippen LogP contribution in [0, 0.1) is 5.82 Å². The van der Waals surface area contributed by atoms with Gasteiger partial charge in [-0.05, 0) is 37.3 Å². The summed E-state index contributed by atoms with van der Waals surface area (Å²) in [5.74, 6) is 0.229. The Bertz CT molecular complexity index is 1820. The molecule has 5 aromatic rings. The number of nitrogens with zero attached hydrogens (tertiary/aromatic N) is 3. The minimum Gasteiger partial charge on any atom is -0.494 e. The van der Waals surface area contributed by atoms with E-state index in [1.165, 1.54) is 17.7 Å². The van der Waals surface area contributed by atoms with Crippen LogP contribution in [0.5, 0.6) is 5.75 Å². The molecule has 0 radical (unpaired) electrons. The van der Waals surface area contributed by atoms with Crippen LogP contribution in [0.4, 0.5) is 10.1 Å². The number of aromatic nitrogens is 3. The van der Waals surface area contributed by atoms with E-state index in [-0.39, 0.29) is 10.9 Å². The second-order valence-electron chi connectivity index (χ2n) is 9.04. The van der Waals surface area contributed by atoms with Crippen molar-refractivity contribution in [3.05, 3.63) is 111 Å². The third kappa shape index (κ3) is 3.25. The first-order valence-corrected chi connectivity index (χ1v) is 12.1. The molecule has 3 heterocycles. The average molecular weight is 497 g/mol. The largest absolute Gasteiger partial charge is 0.494 e. The molecule has 3 aromatic carbocycles. The molecule has 1 atom stereocenters. The zero-order valence-corrected chi connectivity index (χ0v) is 20.7. The van der Waals surface area contributed by atoms with E-state index in [2.05, 4.69) is 5.32 Å². The molecule has 0 fully saturated rings. The van der Waals surface area contributed by atoms with Crippen molar-refractivity contribution in [3.63, 3.8) is 0 Å². The minimum absolute atomic E-state index is 0.280. The van der Waals surface area contributed by atoms with Crippen LogP contribution in [0.1, 0.15) is 24.2 Å². The smallest absolute Gasteiger partial charge is 0.331 e. The molecule has 1 aliphatic heterocycles. The van der Waals surface area contributed by atoms with Crippen LogP contribution in [-0.4, -0.2) is 20.3 Å². The van der Waals surface area contributed by atoms with Crippen LogP contribution in [0.3, 0.4) is 0 Å². The lowest BCUT2D eigenvalue weighted by Gasteiger charge is -2.32. The Kier molecular flexibility index (Phi) is 5.26. The van der Waals surface area contributed by atoms with E-state index in [0.29, 0.717) is 29.3 Å². The first-order valence-electron chi connectivity index (χ1n) is 12.1. The number of halogens is 1. The fourth-order valence-electron chi connectivity index (χ4n) is 5.37. The summed E-state index contributed by atoms with van der Waals surface area (Å²) in [5.41, 5.74) is 3.27. The molecular formula is C29H25FN4O3. The molecule has 186 valence electrons. The van der Waals surface area contributed by atoms with Gasteiger partial charge in [-0.2, -0.15) is 0 Å². The van der Waals surface area contributed by atoms with E-state index in [9.17, 15) is 9.59 Å². The number of hydrogen-bond donors (Lipinski definition) is 1. The molecule has 0 spiro atoms. The summed E-state index contributed by atoms with van der Waals surface area (Å²) >= 11 is 0. The molecule has 0 aliphatic carbocycles. The first kappa shape index (κ1) is 22.8. The molecule has 37 heavy (non-hydrogen) atoms. The molecule has 1 N–H and O–H groups in total. The summed E-state index contributed by atoms with van der Waals surface area (Å²) in [5, 5.41) is 3.88. The zero-order chi connectivity index (χ0) is 25.8. The molecule has 0 saturated carbocycles. The molecule has 6 rings (SSSR count). The summed E-state index contributed by atoms with van der Waals surface area (Å²) in [6.07, 6.45) is 0. The number of hydrogen-bond acceptors (Lipinski definition) is 4. The maximum Gasteiger partial charge on any atom is 0.331 e. The maximum atomic E-state index is 15.4. The highest BCUT2D eigenvalue weighted by Crippen LogP contribution is 2.47. The van der Waals surface area contributed by atoms with Crippen LogP contribution < -0.4 is 21.3 Å². The topological polar surface area (TPSA) is 70.2 Å². The van der Waals surface area contributed by atoms with E-state index < -0.39 is 23.1 Å². The lowest BCUT2D eigenvalue weighted by atomic mass is 9.98. The predicted octanol–water partition coefficient (Wildman–Crippen LogP) is 4.75. The van der Waals surface area contributed by atoms with Gasteiger partial charge in [-0.1, -0.05) is 42.5 Å². The molecular weight excluding hydrogens is 471 g/mol. The third-order valence-corrected chi connectivity index (χ3v) is 6.99. The Hall–Kier alpha value is -4.59. The quantitative estimate of drug-likeness (QED) is 0.390. The van der Waals surface area contributed by atoms with Gasteiger partial charge in [-0.25, -0.2) is 9.18 Å². The van der Waals surface area contributed by atoms with Gasteiger partial charge >= 0.3 is 5.69 Å². The van der Waals surface area contributed by atoms with Gasteiger partial charge in [0.2, 0.25) is 0 Å². The van der Waals surface area contributed by atoms with Crippen LogP contribution in [0.15, 0.2) is 82.4 Å². The second-order valence-corrected chi connectivity index (χ2v) is 9.04. The lowest BCUT2D eigenvalue weighted by Crippen LogP contribution is -2.37. The Morgan fingerprint density at radius 2 is 1.62 bits per heavy atom. The predicted molar refractivity (Wildman–Crippen MR) is 142 cm³/mol. The number of nitrogens with one attached hydrogen (secondary N) is 1. The van der Waals surface area contributed by atoms with E-state index in [4.69, 9.17) is 4.74 Å². The summed E-state index contributed by atoms with van der Waals surface area (Å²) in [6, 6.07) is 21.3. The van der Waals surface area contributed by atoms with E-state index in [1.807, 2.05) is 60.0 Å². The van der Waals surface area contributed by atoms with Gasteiger partial charge in [-0.3, -0.25) is 13.9 Å². The van der Waals surface area contributed by atoms with Crippen LogP contribution in [0.25, 0.3) is 27.8 Å². The highest BCUT2D eigenvalue weighted by atomic mass is 19.1. The molecule has 0 amide bonds. The number of para-hydroxylation sites is 3. The van der Waals surface area contributed by atoms with E-state index >= 15 is 4.39 Å². The SMILES string of the molecule is CCOc1ccccc1[C@H]1Nc2ccccc2-n2c(-c3ccccc3F)c3c(=O)n(C)c(=O)n(C)c3c21. The van der Waals surface area contributed by atoms with Gasteiger partial charge in [0.1, 0.15) is 11.6 Å².